The van der Waals surface area contributed by atoms with Gasteiger partial charge in [-0.15, -0.1) is 35.9 Å². The minimum Gasteiger partial charge on any atom is -0.512 e. The number of carbonyl (C=O) groups is 1. The Kier molecular flexibility index (Phi) is 8.22. The minimum absolute atomic E-state index is 0. The summed E-state index contributed by atoms with van der Waals surface area (Å²) >= 11 is 0. The van der Waals surface area contributed by atoms with Crippen LogP contribution < -0.4 is 0 Å². The molecule has 1 N–H and O–H groups in total. The molecule has 0 bridgehead atoms. The van der Waals surface area contributed by atoms with Crippen molar-refractivity contribution in [2.45, 2.75) is 79.1 Å². The van der Waals surface area contributed by atoms with Gasteiger partial charge in [-0.3, -0.25) is 4.79 Å². The van der Waals surface area contributed by atoms with Crippen molar-refractivity contribution >= 4 is 27.7 Å². The maximum atomic E-state index is 10.0. The second-order valence-corrected chi connectivity index (χ2v) is 11.3. The first-order valence-electron chi connectivity index (χ1n) is 12.6. The van der Waals surface area contributed by atoms with E-state index in [2.05, 4.69) is 58.7 Å². The van der Waals surface area contributed by atoms with E-state index in [0.717, 1.165) is 27.8 Å². The fourth-order valence-corrected chi connectivity index (χ4v) is 5.87. The molecule has 5 rings (SSSR count). The van der Waals surface area contributed by atoms with Gasteiger partial charge >= 0.3 is 0 Å². The molecule has 1 aliphatic rings. The Balaban J connectivity index is 0.000000422. The molecule has 4 nitrogen and oxygen atoms in total. The van der Waals surface area contributed by atoms with Gasteiger partial charge in [-0.1, -0.05) is 27.7 Å². The molecule has 197 valence electrons. The third-order valence-corrected chi connectivity index (χ3v) is 7.43. The smallest absolute Gasteiger partial charge is 0.155 e. The second-order valence-electron chi connectivity index (χ2n) is 11.3. The van der Waals surface area contributed by atoms with Crippen LogP contribution in [-0.4, -0.2) is 15.9 Å². The molecule has 2 aromatic carbocycles. The van der Waals surface area contributed by atoms with E-state index in [1.54, 1.807) is 0 Å². The van der Waals surface area contributed by atoms with E-state index in [0.29, 0.717) is 0 Å². The van der Waals surface area contributed by atoms with Crippen LogP contribution in [0, 0.1) is 19.9 Å². The van der Waals surface area contributed by atoms with Crippen molar-refractivity contribution in [1.29, 1.82) is 0 Å². The summed E-state index contributed by atoms with van der Waals surface area (Å²) in [7, 11) is 0. The van der Waals surface area contributed by atoms with Gasteiger partial charge in [0.1, 0.15) is 11.2 Å². The maximum Gasteiger partial charge on any atom is 0.155 e. The van der Waals surface area contributed by atoms with Gasteiger partial charge in [0.25, 0.3) is 0 Å². The number of ketones is 1. The number of aliphatic hydroxyl groups is 1. The summed E-state index contributed by atoms with van der Waals surface area (Å²) in [6, 6.07) is 13.4. The van der Waals surface area contributed by atoms with Crippen LogP contribution in [0.25, 0.3) is 33.2 Å². The Labute approximate surface area is 233 Å². The summed E-state index contributed by atoms with van der Waals surface area (Å²) in [5.74, 6) is -0.0625. The van der Waals surface area contributed by atoms with Crippen LogP contribution >= 0.6 is 0 Å². The van der Waals surface area contributed by atoms with Gasteiger partial charge in [0.15, 0.2) is 5.78 Å². The zero-order chi connectivity index (χ0) is 26.4. The normalized spacial score (nSPS) is 15.9. The molecule has 0 fully saturated rings. The van der Waals surface area contributed by atoms with Gasteiger partial charge in [-0.05, 0) is 79.7 Å². The fourth-order valence-electron chi connectivity index (χ4n) is 5.87. The Bertz CT molecular complexity index is 1490. The molecule has 0 amide bonds. The number of nitrogens with zero attached hydrogens (tertiary/aromatic N) is 1. The molecule has 0 unspecified atom stereocenters. The van der Waals surface area contributed by atoms with Crippen molar-refractivity contribution in [1.82, 2.24) is 4.98 Å². The second kappa shape index (κ2) is 10.6. The SMILES string of the molecule is CC(=O)/C=C(/C)O.Cc1c2c(c(C)c3c1oc1c(-c4[c-]cccc4)nccc13)C(C)(C)CCC2(C)C.[Ir]. The molecule has 1 radical (unpaired) electrons. The van der Waals surface area contributed by atoms with E-state index in [9.17, 15) is 4.79 Å². The van der Waals surface area contributed by atoms with Crippen LogP contribution in [-0.2, 0) is 35.7 Å². The zero-order valence-electron chi connectivity index (χ0n) is 23.0. The number of furan rings is 1. The predicted molar refractivity (Wildman–Crippen MR) is 148 cm³/mol. The molecular formula is C32H36IrNO3-. The molecule has 5 heteroatoms. The molecule has 0 spiro atoms. The quantitative estimate of drug-likeness (QED) is 0.132. The largest absolute Gasteiger partial charge is 0.512 e. The Morgan fingerprint density at radius 1 is 1.00 bits per heavy atom. The molecule has 0 aliphatic heterocycles. The summed E-state index contributed by atoms with van der Waals surface area (Å²) in [4.78, 5) is 14.7. The number of aromatic nitrogens is 1. The van der Waals surface area contributed by atoms with E-state index in [1.165, 1.54) is 60.4 Å². The van der Waals surface area contributed by atoms with Crippen molar-refractivity contribution < 1.29 is 34.4 Å². The fraction of sp³-hybridized carbons (Fsp3) is 0.375. The summed E-state index contributed by atoms with van der Waals surface area (Å²) in [6.45, 7) is 16.9. The first-order valence-corrected chi connectivity index (χ1v) is 12.6. The summed E-state index contributed by atoms with van der Waals surface area (Å²) in [5.41, 5.74) is 9.71. The monoisotopic (exact) mass is 675 g/mol. The number of aryl methyl sites for hydroxylation is 2. The predicted octanol–water partition coefficient (Wildman–Crippen LogP) is 8.45. The molecule has 0 saturated carbocycles. The van der Waals surface area contributed by atoms with E-state index in [4.69, 9.17) is 9.52 Å². The molecule has 0 atom stereocenters. The summed E-state index contributed by atoms with van der Waals surface area (Å²) in [6.07, 6.45) is 5.47. The molecule has 1 aliphatic carbocycles. The van der Waals surface area contributed by atoms with E-state index < -0.39 is 0 Å². The van der Waals surface area contributed by atoms with Crippen molar-refractivity contribution in [3.8, 4) is 11.3 Å². The number of pyridine rings is 1. The average molecular weight is 675 g/mol. The number of fused-ring (bicyclic) bond motifs is 4. The van der Waals surface area contributed by atoms with Gasteiger partial charge in [0.2, 0.25) is 0 Å². The number of benzene rings is 2. The Hall–Kier alpha value is -2.75. The van der Waals surface area contributed by atoms with Crippen molar-refractivity contribution in [2.75, 3.05) is 0 Å². The molecule has 0 saturated heterocycles. The number of hydrogen-bond acceptors (Lipinski definition) is 4. The average Bonchev–Trinajstić information content (AvgIpc) is 3.20. The van der Waals surface area contributed by atoms with Crippen LogP contribution in [0.4, 0.5) is 0 Å². The first-order chi connectivity index (χ1) is 16.8. The van der Waals surface area contributed by atoms with E-state index >= 15 is 0 Å². The number of rotatable bonds is 2. The van der Waals surface area contributed by atoms with Crippen molar-refractivity contribution in [3.05, 3.63) is 76.7 Å². The van der Waals surface area contributed by atoms with Gasteiger partial charge in [0.05, 0.1) is 5.76 Å². The molecule has 4 aromatic rings. The van der Waals surface area contributed by atoms with Crippen LogP contribution in [0.2, 0.25) is 0 Å². The van der Waals surface area contributed by atoms with Crippen molar-refractivity contribution in [2.24, 2.45) is 0 Å². The molecule has 2 aromatic heterocycles. The first kappa shape index (κ1) is 28.8. The van der Waals surface area contributed by atoms with Crippen LogP contribution in [0.15, 0.2) is 52.8 Å². The number of hydrogen-bond donors (Lipinski definition) is 1. The third kappa shape index (κ3) is 5.30. The van der Waals surface area contributed by atoms with Crippen LogP contribution in [0.3, 0.4) is 0 Å². The number of allylic oxidation sites excluding steroid dienone is 2. The third-order valence-electron chi connectivity index (χ3n) is 7.43. The summed E-state index contributed by atoms with van der Waals surface area (Å²) in [5, 5.41) is 10.8. The Morgan fingerprint density at radius 2 is 1.62 bits per heavy atom. The molecular weight excluding hydrogens is 639 g/mol. The van der Waals surface area contributed by atoms with Gasteiger partial charge < -0.3 is 14.5 Å². The van der Waals surface area contributed by atoms with E-state index in [-0.39, 0.29) is 42.5 Å². The molecule has 2 heterocycles. The maximum absolute atomic E-state index is 10.0. The van der Waals surface area contributed by atoms with Gasteiger partial charge in [-0.25, -0.2) is 0 Å². The molecule has 37 heavy (non-hydrogen) atoms. The summed E-state index contributed by atoms with van der Waals surface area (Å²) < 4.78 is 6.59. The number of carbonyl (C=O) groups excluding carboxylic acids is 1. The minimum atomic E-state index is -0.125. The van der Waals surface area contributed by atoms with Gasteiger partial charge in [-0.2, -0.15) is 0 Å². The standard InChI is InChI=1S/C27H28NO.C5H8O2.Ir/c1-16-20-19-12-15-28-23(18-10-8-7-9-11-18)25(19)29-24(20)17(2)22-21(16)26(3,4)13-14-27(22,5)6;1-4(6)3-5(2)7;/h7-10,12,15H,13-14H2,1-6H3;3,6H,1-2H3;/q-1;;/b;4-3-;. The Morgan fingerprint density at radius 3 is 2.14 bits per heavy atom. The van der Waals surface area contributed by atoms with E-state index in [1.807, 2.05) is 30.5 Å². The topological polar surface area (TPSA) is 63.3 Å². The van der Waals surface area contributed by atoms with Crippen molar-refractivity contribution in [3.63, 3.8) is 0 Å². The zero-order valence-corrected chi connectivity index (χ0v) is 25.4. The number of aliphatic hydroxyl groups excluding tert-OH is 1. The van der Waals surface area contributed by atoms with Gasteiger partial charge in [0, 0.05) is 48.8 Å². The van der Waals surface area contributed by atoms with Crippen LogP contribution in [0.1, 0.15) is 76.6 Å². The van der Waals surface area contributed by atoms with Crippen LogP contribution in [0.5, 0.6) is 0 Å².